The highest BCUT2D eigenvalue weighted by Gasteiger charge is 2.36. The van der Waals surface area contributed by atoms with Gasteiger partial charge in [-0.1, -0.05) is 13.8 Å². The number of piperazine rings is 1. The lowest BCUT2D eigenvalue weighted by Crippen LogP contribution is -2.60. The van der Waals surface area contributed by atoms with Crippen molar-refractivity contribution in [3.8, 4) is 0 Å². The molecule has 5 heteroatoms. The number of rotatable bonds is 8. The molecule has 0 saturated carbocycles. The Morgan fingerprint density at radius 1 is 1.15 bits per heavy atom. The second-order valence-corrected chi connectivity index (χ2v) is 5.70. The molecule has 1 aliphatic rings. The summed E-state index contributed by atoms with van der Waals surface area (Å²) in [7, 11) is 0. The Hall–Kier alpha value is -0.650. The number of carbonyl (C=O) groups excluding carboxylic acids is 1. The molecular formula is C15H31N3O2. The fourth-order valence-corrected chi connectivity index (χ4v) is 2.81. The number of carbonyl (C=O) groups is 1. The molecule has 0 aliphatic carbocycles. The molecule has 0 spiro atoms. The highest BCUT2D eigenvalue weighted by Crippen LogP contribution is 2.12. The molecule has 0 aromatic rings. The predicted molar refractivity (Wildman–Crippen MR) is 81.9 cm³/mol. The number of likely N-dealkylation sites (N-methyl/N-ethyl adjacent to an activating group) is 1. The van der Waals surface area contributed by atoms with Crippen LogP contribution in [-0.2, 0) is 9.53 Å². The van der Waals surface area contributed by atoms with Crippen LogP contribution in [0.4, 0.5) is 0 Å². The van der Waals surface area contributed by atoms with E-state index >= 15 is 0 Å². The van der Waals surface area contributed by atoms with Gasteiger partial charge in [-0.15, -0.1) is 0 Å². The van der Waals surface area contributed by atoms with Crippen LogP contribution in [0.15, 0.2) is 0 Å². The Morgan fingerprint density at radius 3 is 2.25 bits per heavy atom. The monoisotopic (exact) mass is 285 g/mol. The Bertz CT molecular complexity index is 291. The molecule has 1 aliphatic heterocycles. The Morgan fingerprint density at radius 2 is 1.75 bits per heavy atom. The van der Waals surface area contributed by atoms with Crippen molar-refractivity contribution in [2.75, 3.05) is 52.4 Å². The van der Waals surface area contributed by atoms with Crippen LogP contribution in [0.3, 0.4) is 0 Å². The molecule has 0 bridgehead atoms. The molecule has 1 N–H and O–H groups in total. The highest BCUT2D eigenvalue weighted by atomic mass is 16.5. The van der Waals surface area contributed by atoms with Gasteiger partial charge < -0.3 is 15.0 Å². The summed E-state index contributed by atoms with van der Waals surface area (Å²) in [4.78, 5) is 17.0. The molecule has 0 aromatic heterocycles. The summed E-state index contributed by atoms with van der Waals surface area (Å²) >= 11 is 0. The van der Waals surface area contributed by atoms with E-state index in [1.807, 2.05) is 20.8 Å². The molecule has 0 aromatic carbocycles. The molecule has 1 fully saturated rings. The van der Waals surface area contributed by atoms with E-state index in [4.69, 9.17) is 4.74 Å². The van der Waals surface area contributed by atoms with Crippen molar-refractivity contribution in [3.05, 3.63) is 0 Å². The Kier molecular flexibility index (Phi) is 7.48. The number of nitrogens with zero attached hydrogens (tertiary/aromatic N) is 2. The van der Waals surface area contributed by atoms with Crippen LogP contribution in [0, 0.1) is 0 Å². The molecule has 0 radical (unpaired) electrons. The standard InChI is InChI=1S/C15H31N3O2/c1-5-8-17-9-11-18(12-10-17)13-15(4,16-6-2)14(19)20-7-3/h16H,5-13H2,1-4H3. The minimum absolute atomic E-state index is 0.141. The van der Waals surface area contributed by atoms with Gasteiger partial charge in [0.25, 0.3) is 0 Å². The van der Waals surface area contributed by atoms with Gasteiger partial charge in [0.1, 0.15) is 5.54 Å². The summed E-state index contributed by atoms with van der Waals surface area (Å²) in [5.74, 6) is -0.141. The second kappa shape index (κ2) is 8.60. The SMILES string of the molecule is CCCN1CCN(CC(C)(NCC)C(=O)OCC)CC1. The van der Waals surface area contributed by atoms with Crippen molar-refractivity contribution in [3.63, 3.8) is 0 Å². The summed E-state index contributed by atoms with van der Waals surface area (Å²) in [6.45, 7) is 15.4. The quantitative estimate of drug-likeness (QED) is 0.673. The zero-order valence-electron chi connectivity index (χ0n) is 13.6. The molecule has 20 heavy (non-hydrogen) atoms. The zero-order valence-corrected chi connectivity index (χ0v) is 13.6. The first-order valence-electron chi connectivity index (χ1n) is 7.92. The minimum Gasteiger partial charge on any atom is -0.465 e. The summed E-state index contributed by atoms with van der Waals surface area (Å²) in [6, 6.07) is 0. The van der Waals surface area contributed by atoms with Crippen LogP contribution in [0.25, 0.3) is 0 Å². The van der Waals surface area contributed by atoms with Crippen LogP contribution < -0.4 is 5.32 Å². The maximum Gasteiger partial charge on any atom is 0.327 e. The van der Waals surface area contributed by atoms with E-state index in [9.17, 15) is 4.79 Å². The zero-order chi connectivity index (χ0) is 15.0. The van der Waals surface area contributed by atoms with E-state index in [1.165, 1.54) is 13.0 Å². The fourth-order valence-electron chi connectivity index (χ4n) is 2.81. The normalized spacial score (nSPS) is 20.6. The van der Waals surface area contributed by atoms with Crippen molar-refractivity contribution in [1.82, 2.24) is 15.1 Å². The van der Waals surface area contributed by atoms with Gasteiger partial charge in [0.15, 0.2) is 0 Å². The third kappa shape index (κ3) is 5.04. The molecule has 5 nitrogen and oxygen atoms in total. The van der Waals surface area contributed by atoms with Crippen molar-refractivity contribution in [2.45, 2.75) is 39.7 Å². The number of hydrogen-bond acceptors (Lipinski definition) is 5. The summed E-state index contributed by atoms with van der Waals surface area (Å²) in [6.07, 6.45) is 1.21. The first kappa shape index (κ1) is 17.4. The van der Waals surface area contributed by atoms with E-state index in [2.05, 4.69) is 22.0 Å². The van der Waals surface area contributed by atoms with Crippen LogP contribution in [0.2, 0.25) is 0 Å². The van der Waals surface area contributed by atoms with Crippen molar-refractivity contribution in [1.29, 1.82) is 0 Å². The largest absolute Gasteiger partial charge is 0.465 e. The second-order valence-electron chi connectivity index (χ2n) is 5.70. The molecule has 1 rings (SSSR count). The van der Waals surface area contributed by atoms with Gasteiger partial charge in [0.05, 0.1) is 6.61 Å². The molecular weight excluding hydrogens is 254 g/mol. The summed E-state index contributed by atoms with van der Waals surface area (Å²) in [5.41, 5.74) is -0.600. The molecule has 1 saturated heterocycles. The number of nitrogens with one attached hydrogen (secondary N) is 1. The minimum atomic E-state index is -0.600. The van der Waals surface area contributed by atoms with E-state index in [1.54, 1.807) is 0 Å². The van der Waals surface area contributed by atoms with Gasteiger partial charge in [0, 0.05) is 32.7 Å². The van der Waals surface area contributed by atoms with Crippen LogP contribution in [-0.4, -0.2) is 73.7 Å². The summed E-state index contributed by atoms with van der Waals surface area (Å²) < 4.78 is 5.22. The Labute approximate surface area is 123 Å². The van der Waals surface area contributed by atoms with Gasteiger partial charge in [-0.3, -0.25) is 9.69 Å². The first-order valence-corrected chi connectivity index (χ1v) is 7.92. The molecule has 0 amide bonds. The van der Waals surface area contributed by atoms with Crippen LogP contribution in [0.5, 0.6) is 0 Å². The smallest absolute Gasteiger partial charge is 0.327 e. The van der Waals surface area contributed by atoms with Gasteiger partial charge >= 0.3 is 5.97 Å². The average Bonchev–Trinajstić information content (AvgIpc) is 2.42. The van der Waals surface area contributed by atoms with E-state index < -0.39 is 5.54 Å². The molecule has 1 atom stereocenters. The summed E-state index contributed by atoms with van der Waals surface area (Å²) in [5, 5.41) is 3.30. The van der Waals surface area contributed by atoms with Crippen LogP contribution in [0.1, 0.15) is 34.1 Å². The number of esters is 1. The van der Waals surface area contributed by atoms with E-state index in [-0.39, 0.29) is 5.97 Å². The van der Waals surface area contributed by atoms with Gasteiger partial charge in [0.2, 0.25) is 0 Å². The van der Waals surface area contributed by atoms with Gasteiger partial charge in [-0.25, -0.2) is 0 Å². The van der Waals surface area contributed by atoms with Crippen molar-refractivity contribution in [2.24, 2.45) is 0 Å². The van der Waals surface area contributed by atoms with E-state index in [0.29, 0.717) is 6.61 Å². The van der Waals surface area contributed by atoms with Gasteiger partial charge in [-0.05, 0) is 33.4 Å². The number of ether oxygens (including phenoxy) is 1. The van der Waals surface area contributed by atoms with Crippen molar-refractivity contribution < 1.29 is 9.53 Å². The molecule has 1 heterocycles. The van der Waals surface area contributed by atoms with E-state index in [0.717, 1.165) is 39.3 Å². The fraction of sp³-hybridized carbons (Fsp3) is 0.933. The maximum absolute atomic E-state index is 12.2. The molecule has 118 valence electrons. The molecule has 1 unspecified atom stereocenters. The number of hydrogen-bond donors (Lipinski definition) is 1. The lowest BCUT2D eigenvalue weighted by Gasteiger charge is -2.39. The average molecular weight is 285 g/mol. The highest BCUT2D eigenvalue weighted by molar-refractivity contribution is 5.80. The third-order valence-corrected chi connectivity index (χ3v) is 3.84. The third-order valence-electron chi connectivity index (χ3n) is 3.84. The van der Waals surface area contributed by atoms with Gasteiger partial charge in [-0.2, -0.15) is 0 Å². The topological polar surface area (TPSA) is 44.8 Å². The van der Waals surface area contributed by atoms with Crippen molar-refractivity contribution >= 4 is 5.97 Å². The Balaban J connectivity index is 2.52. The first-order chi connectivity index (χ1) is 9.55. The maximum atomic E-state index is 12.2. The van der Waals surface area contributed by atoms with Crippen LogP contribution >= 0.6 is 0 Å². The predicted octanol–water partition coefficient (Wildman–Crippen LogP) is 0.945. The lowest BCUT2D eigenvalue weighted by molar-refractivity contribution is -0.151. The lowest BCUT2D eigenvalue weighted by atomic mass is 10.0.